The normalized spacial score (nSPS) is 29.4. The number of fused-ring (bicyclic) bond motifs is 1. The predicted molar refractivity (Wildman–Crippen MR) is 186 cm³/mol. The van der Waals surface area contributed by atoms with Crippen molar-refractivity contribution in [1.29, 1.82) is 0 Å². The van der Waals surface area contributed by atoms with Gasteiger partial charge in [-0.15, -0.1) is 6.58 Å². The van der Waals surface area contributed by atoms with Crippen molar-refractivity contribution < 1.29 is 32.4 Å². The molecule has 13 heteroatoms. The fourth-order valence-electron chi connectivity index (χ4n) is 8.89. The molecule has 3 saturated carbocycles. The Bertz CT molecular complexity index is 1440. The molecule has 0 bridgehead atoms. The van der Waals surface area contributed by atoms with E-state index in [-0.39, 0.29) is 35.5 Å². The first-order valence-corrected chi connectivity index (χ1v) is 20.0. The first kappa shape index (κ1) is 37.3. The summed E-state index contributed by atoms with van der Waals surface area (Å²) in [4.78, 5) is 69.8. The molecule has 3 aliphatic carbocycles. The first-order valence-electron chi connectivity index (χ1n) is 18.3. The van der Waals surface area contributed by atoms with Gasteiger partial charge in [0.25, 0.3) is 5.91 Å². The third-order valence-corrected chi connectivity index (χ3v) is 14.4. The number of hydrogen-bond acceptors (Lipinski definition) is 7. The van der Waals surface area contributed by atoms with Gasteiger partial charge >= 0.3 is 6.03 Å². The maximum Gasteiger partial charge on any atom is 0.315 e. The molecule has 2 saturated heterocycles. The lowest BCUT2D eigenvalue weighted by molar-refractivity contribution is -0.145. The minimum Gasteiger partial charge on any atom is -0.346 e. The Labute approximate surface area is 291 Å². The van der Waals surface area contributed by atoms with Crippen LogP contribution in [0.1, 0.15) is 105 Å². The first-order chi connectivity index (χ1) is 22.9. The summed E-state index contributed by atoms with van der Waals surface area (Å²) in [6.07, 6.45) is 9.36. The van der Waals surface area contributed by atoms with Crippen LogP contribution in [-0.2, 0) is 29.0 Å². The van der Waals surface area contributed by atoms with Gasteiger partial charge < -0.3 is 26.2 Å². The van der Waals surface area contributed by atoms with Crippen LogP contribution in [-0.4, -0.2) is 90.6 Å². The fraction of sp³-hybridized carbons (Fsp3) is 0.806. The summed E-state index contributed by atoms with van der Waals surface area (Å²) >= 11 is 0. The van der Waals surface area contributed by atoms with E-state index in [1.807, 2.05) is 20.8 Å². The summed E-state index contributed by atoms with van der Waals surface area (Å²) < 4.78 is 26.5. The predicted octanol–water partition coefficient (Wildman–Crippen LogP) is 3.01. The minimum atomic E-state index is -3.39. The molecule has 5 aliphatic rings. The summed E-state index contributed by atoms with van der Waals surface area (Å²) in [6.45, 7) is 13.7. The van der Waals surface area contributed by atoms with Crippen molar-refractivity contribution >= 4 is 39.4 Å². The topological polar surface area (TPSA) is 171 Å². The number of piperidine rings is 1. The number of carbonyl (C=O) groups is 5. The Morgan fingerprint density at radius 3 is 2.22 bits per heavy atom. The lowest BCUT2D eigenvalue weighted by Gasteiger charge is -2.45. The van der Waals surface area contributed by atoms with E-state index in [9.17, 15) is 32.4 Å². The number of ketones is 1. The number of nitrogens with zero attached hydrogens (tertiary/aromatic N) is 1. The van der Waals surface area contributed by atoms with Crippen LogP contribution in [0.2, 0.25) is 0 Å². The highest BCUT2D eigenvalue weighted by Crippen LogP contribution is 2.65. The molecule has 1 unspecified atom stereocenters. The van der Waals surface area contributed by atoms with Crippen molar-refractivity contribution in [3.63, 3.8) is 0 Å². The van der Waals surface area contributed by atoms with E-state index in [1.54, 1.807) is 4.90 Å². The Hall–Kier alpha value is -2.96. The van der Waals surface area contributed by atoms with Gasteiger partial charge in [0.05, 0.1) is 22.6 Å². The maximum absolute atomic E-state index is 14.5. The molecule has 2 heterocycles. The van der Waals surface area contributed by atoms with Crippen molar-refractivity contribution in [3.8, 4) is 0 Å². The number of likely N-dealkylation sites (tertiary alicyclic amines) is 1. The molecule has 2 aliphatic heterocycles. The highest BCUT2D eigenvalue weighted by atomic mass is 32.2. The second-order valence-corrected chi connectivity index (χ2v) is 19.3. The van der Waals surface area contributed by atoms with Gasteiger partial charge in [-0.25, -0.2) is 13.2 Å². The van der Waals surface area contributed by atoms with Gasteiger partial charge in [0.15, 0.2) is 9.84 Å². The van der Waals surface area contributed by atoms with Gasteiger partial charge in [-0.3, -0.25) is 19.2 Å². The van der Waals surface area contributed by atoms with Crippen LogP contribution < -0.4 is 21.3 Å². The number of carbonyl (C=O) groups excluding carboxylic acids is 5. The number of nitrogens with one attached hydrogen (secondary N) is 4. The van der Waals surface area contributed by atoms with E-state index >= 15 is 0 Å². The van der Waals surface area contributed by atoms with E-state index in [0.29, 0.717) is 38.6 Å². The summed E-state index contributed by atoms with van der Waals surface area (Å²) in [6, 6.07) is -3.47. The average molecular weight is 704 g/mol. The molecule has 6 atom stereocenters. The van der Waals surface area contributed by atoms with Gasteiger partial charge in [-0.2, -0.15) is 0 Å². The van der Waals surface area contributed by atoms with Gasteiger partial charge in [0, 0.05) is 13.1 Å². The molecule has 5 fully saturated rings. The van der Waals surface area contributed by atoms with Crippen molar-refractivity contribution in [2.24, 2.45) is 28.6 Å². The molecule has 0 spiro atoms. The molecule has 49 heavy (non-hydrogen) atoms. The van der Waals surface area contributed by atoms with Crippen molar-refractivity contribution in [1.82, 2.24) is 26.2 Å². The molecule has 0 radical (unpaired) electrons. The Kier molecular flexibility index (Phi) is 10.6. The number of sulfone groups is 1. The molecular formula is C36H57N5O7S. The summed E-state index contributed by atoms with van der Waals surface area (Å²) in [5, 5.41) is 10.7. The number of Topliss-reactive ketones (excluding diaryl/α,β-unsaturated/α-hetero) is 1. The number of rotatable bonds is 12. The van der Waals surface area contributed by atoms with Crippen LogP contribution in [0.15, 0.2) is 12.7 Å². The van der Waals surface area contributed by atoms with Crippen LogP contribution in [0, 0.1) is 28.6 Å². The molecule has 0 aromatic carbocycles. The zero-order chi connectivity index (χ0) is 35.9. The zero-order valence-corrected chi connectivity index (χ0v) is 30.8. The Morgan fingerprint density at radius 1 is 0.959 bits per heavy atom. The average Bonchev–Trinajstić information content (AvgIpc) is 3.88. The van der Waals surface area contributed by atoms with E-state index in [4.69, 9.17) is 0 Å². The van der Waals surface area contributed by atoms with E-state index in [1.165, 1.54) is 6.08 Å². The minimum absolute atomic E-state index is 0.0668. The van der Waals surface area contributed by atoms with Gasteiger partial charge in [-0.05, 0) is 60.7 Å². The number of urea groups is 1. The molecule has 5 amide bonds. The van der Waals surface area contributed by atoms with Crippen molar-refractivity contribution in [2.75, 3.05) is 18.8 Å². The second-order valence-electron chi connectivity index (χ2n) is 17.0. The molecule has 5 rings (SSSR count). The van der Waals surface area contributed by atoms with Gasteiger partial charge in [0.2, 0.25) is 17.6 Å². The number of amides is 5. The quantitative estimate of drug-likeness (QED) is 0.179. The molecule has 0 aromatic rings. The van der Waals surface area contributed by atoms with Crippen molar-refractivity contribution in [2.45, 2.75) is 134 Å². The highest BCUT2D eigenvalue weighted by molar-refractivity contribution is 7.92. The van der Waals surface area contributed by atoms with E-state index < -0.39 is 73.7 Å². The van der Waals surface area contributed by atoms with Gasteiger partial charge in [-0.1, -0.05) is 79.2 Å². The van der Waals surface area contributed by atoms with Gasteiger partial charge in [0.1, 0.15) is 12.1 Å². The Balaban J connectivity index is 1.35. The van der Waals surface area contributed by atoms with Crippen LogP contribution >= 0.6 is 0 Å². The molecule has 0 aromatic heterocycles. The fourth-order valence-corrected chi connectivity index (χ4v) is 11.3. The molecular weight excluding hydrogens is 646 g/mol. The molecule has 4 N–H and O–H groups in total. The monoisotopic (exact) mass is 703 g/mol. The standard InChI is InChI=1S/C36H57N5O7S/c1-7-18-37-31(44)28(42)24(20-22-14-15-22)38-30(43)27-26-23(35(26,5)6)21-41(27)32(45)29(34(2,3)4)39-33(46)40-36(16-10-8-11-17-36)25-13-9-12-19-49(25,47)48/h7,22-27,29H,1,8-21H2,2-6H3,(H,37,44)(H,38,43)(H2,39,40,46)/t23-,24-,25?,26-,27-,29+/m0/s1. The summed E-state index contributed by atoms with van der Waals surface area (Å²) in [5.74, 6) is -2.07. The maximum atomic E-state index is 14.5. The third-order valence-electron chi connectivity index (χ3n) is 12.0. The van der Waals surface area contributed by atoms with E-state index in [2.05, 4.69) is 41.7 Å². The molecule has 274 valence electrons. The van der Waals surface area contributed by atoms with Crippen LogP contribution in [0.25, 0.3) is 0 Å². The lowest BCUT2D eigenvalue weighted by atomic mass is 9.77. The second kappa shape index (κ2) is 14.0. The summed E-state index contributed by atoms with van der Waals surface area (Å²) in [7, 11) is -3.39. The smallest absolute Gasteiger partial charge is 0.315 e. The number of hydrogen-bond donors (Lipinski definition) is 4. The lowest BCUT2D eigenvalue weighted by Crippen LogP contribution is -2.66. The molecule has 12 nitrogen and oxygen atoms in total. The third kappa shape index (κ3) is 7.86. The Morgan fingerprint density at radius 2 is 1.63 bits per heavy atom. The largest absolute Gasteiger partial charge is 0.346 e. The SMILES string of the molecule is C=CCNC(=O)C(=O)[C@H](CC1CC1)NC(=O)[C@@H]1[C@@H]2[C@H](CN1C(=O)[C@@H](NC(=O)NC1(C3CCCCS3(=O)=O)CCCCC1)C(C)(C)C)C2(C)C. The van der Waals surface area contributed by atoms with Crippen molar-refractivity contribution in [3.05, 3.63) is 12.7 Å². The zero-order valence-electron chi connectivity index (χ0n) is 29.9. The van der Waals surface area contributed by atoms with Crippen LogP contribution in [0.3, 0.4) is 0 Å². The highest BCUT2D eigenvalue weighted by Gasteiger charge is 2.70. The summed E-state index contributed by atoms with van der Waals surface area (Å²) in [5.41, 5.74) is -1.84. The van der Waals surface area contributed by atoms with Crippen LogP contribution in [0.5, 0.6) is 0 Å². The van der Waals surface area contributed by atoms with E-state index in [0.717, 1.165) is 38.5 Å². The van der Waals surface area contributed by atoms with Crippen LogP contribution in [0.4, 0.5) is 4.79 Å².